The Kier molecular flexibility index (Phi) is 23.0. The zero-order valence-electron chi connectivity index (χ0n) is 42.6. The summed E-state index contributed by atoms with van der Waals surface area (Å²) in [6.45, 7) is 12.6. The number of aliphatic hydroxyl groups is 2. The molecule has 0 aromatic heterocycles. The van der Waals surface area contributed by atoms with Gasteiger partial charge in [-0.3, -0.25) is 24.0 Å². The van der Waals surface area contributed by atoms with Gasteiger partial charge in [-0.25, -0.2) is 4.79 Å². The number of ketones is 3. The highest BCUT2D eigenvalue weighted by atomic mass is 35.5. The number of methoxy groups -OCH3 is 3. The van der Waals surface area contributed by atoms with E-state index >= 15 is 0 Å². The van der Waals surface area contributed by atoms with Gasteiger partial charge >= 0.3 is 11.9 Å². The topological polar surface area (TPSA) is 201 Å². The largest absolute Gasteiger partial charge is 0.460 e. The van der Waals surface area contributed by atoms with Gasteiger partial charge in [0.05, 0.1) is 18.3 Å². The number of nitrogens with zero attached hydrogens (tertiary/aromatic N) is 1. The Morgan fingerprint density at radius 2 is 1.61 bits per heavy atom. The number of rotatable bonds is 8. The summed E-state index contributed by atoms with van der Waals surface area (Å²) in [6, 6.07) is -1.17. The second-order valence-electron chi connectivity index (χ2n) is 20.2. The number of carbonyl (C=O) groups excluding carboxylic acids is 6. The number of hydrogen-bond donors (Lipinski definition) is 2. The lowest BCUT2D eigenvalue weighted by atomic mass is 9.78. The van der Waals surface area contributed by atoms with Crippen molar-refractivity contribution in [3.05, 3.63) is 47.6 Å². The molecule has 16 heteroatoms. The number of cyclic esters (lactones) is 1. The number of aliphatic hydroxyl groups excluding tert-OH is 1. The molecule has 2 N–H and O–H groups in total. The van der Waals surface area contributed by atoms with Crippen molar-refractivity contribution >= 4 is 46.8 Å². The van der Waals surface area contributed by atoms with E-state index in [0.29, 0.717) is 69.8 Å². The molecule has 388 valence electrons. The zero-order valence-corrected chi connectivity index (χ0v) is 43.3. The van der Waals surface area contributed by atoms with Crippen LogP contribution in [0.2, 0.25) is 0 Å². The molecule has 1 amide bonds. The van der Waals surface area contributed by atoms with Crippen LogP contribution in [0.3, 0.4) is 0 Å². The molecule has 0 spiro atoms. The summed E-state index contributed by atoms with van der Waals surface area (Å²) in [5, 5.41) is 23.4. The summed E-state index contributed by atoms with van der Waals surface area (Å²) >= 11 is 5.71. The number of amides is 1. The molecule has 1 saturated carbocycles. The van der Waals surface area contributed by atoms with Gasteiger partial charge in [-0.2, -0.15) is 0 Å². The maximum atomic E-state index is 14.5. The van der Waals surface area contributed by atoms with Crippen molar-refractivity contribution in [1.29, 1.82) is 0 Å². The number of fused-ring (bicyclic) bond motifs is 3. The van der Waals surface area contributed by atoms with Gasteiger partial charge < -0.3 is 43.5 Å². The summed E-state index contributed by atoms with van der Waals surface area (Å²) in [7, 11) is 4.49. The number of halogens is 1. The number of hydrogen-bond acceptors (Lipinski definition) is 14. The fourth-order valence-corrected chi connectivity index (χ4v) is 10.5. The molecule has 15 nitrogen and oxygen atoms in total. The SMILES string of the molecule is CO[C@H]1C[C@@H]2CC[C@@H](C)[C@@](O)(O2)C(=O)C(=O)N2CCCC[C@H]2C(=O)O[C@H]([C@H](C)C[C@@H]2CC[C@@H](OC(=O)CCl)[C@H](OC)C2)CC(=O)[C@H](C)/C=C(\C)[C@@H](O)[C@@H](OC)C(=O)[C@H](C)C[C@H](C)/C=C/C=C/C=C/1C. The van der Waals surface area contributed by atoms with E-state index in [-0.39, 0.29) is 48.7 Å². The number of allylic oxidation sites excluding steroid dienone is 6. The van der Waals surface area contributed by atoms with E-state index in [1.165, 1.54) is 12.0 Å². The number of esters is 2. The third-order valence-electron chi connectivity index (χ3n) is 14.8. The van der Waals surface area contributed by atoms with Crippen molar-refractivity contribution in [2.24, 2.45) is 35.5 Å². The molecule has 0 unspecified atom stereocenters. The Morgan fingerprint density at radius 1 is 0.884 bits per heavy atom. The predicted octanol–water partition coefficient (Wildman–Crippen LogP) is 6.97. The van der Waals surface area contributed by atoms with Crippen molar-refractivity contribution in [3.63, 3.8) is 0 Å². The van der Waals surface area contributed by atoms with E-state index in [0.717, 1.165) is 5.57 Å². The number of Topliss-reactive ketones (excluding diaryl/α,β-unsaturated/α-hetero) is 3. The normalized spacial score (nSPS) is 38.7. The highest BCUT2D eigenvalue weighted by Crippen LogP contribution is 2.38. The Hall–Kier alpha value is -3.57. The predicted molar refractivity (Wildman–Crippen MR) is 260 cm³/mol. The van der Waals surface area contributed by atoms with Crippen molar-refractivity contribution in [3.8, 4) is 0 Å². The first-order valence-electron chi connectivity index (χ1n) is 24.9. The summed E-state index contributed by atoms with van der Waals surface area (Å²) in [5.74, 6) is -9.09. The summed E-state index contributed by atoms with van der Waals surface area (Å²) in [4.78, 5) is 84.2. The maximum absolute atomic E-state index is 14.5. The molecule has 0 aromatic rings. The van der Waals surface area contributed by atoms with Crippen LogP contribution in [0.25, 0.3) is 0 Å². The number of piperidine rings is 1. The van der Waals surface area contributed by atoms with Crippen LogP contribution >= 0.6 is 11.6 Å². The lowest BCUT2D eigenvalue weighted by Gasteiger charge is -2.42. The second kappa shape index (κ2) is 27.3. The molecular weight excluding hydrogens is 910 g/mol. The van der Waals surface area contributed by atoms with Crippen molar-refractivity contribution in [2.75, 3.05) is 33.8 Å². The van der Waals surface area contributed by atoms with Gasteiger partial charge in [-0.1, -0.05) is 71.1 Å². The highest BCUT2D eigenvalue weighted by molar-refractivity contribution is 6.39. The minimum absolute atomic E-state index is 0.00644. The van der Waals surface area contributed by atoms with Crippen LogP contribution in [0, 0.1) is 35.5 Å². The van der Waals surface area contributed by atoms with Gasteiger partial charge in [0.15, 0.2) is 5.78 Å². The fourth-order valence-electron chi connectivity index (χ4n) is 10.4. The molecule has 3 heterocycles. The second-order valence-corrected chi connectivity index (χ2v) is 20.5. The molecule has 69 heavy (non-hydrogen) atoms. The van der Waals surface area contributed by atoms with E-state index < -0.39 is 102 Å². The van der Waals surface area contributed by atoms with Crippen molar-refractivity contribution < 1.29 is 67.4 Å². The number of carbonyl (C=O) groups is 6. The van der Waals surface area contributed by atoms with E-state index in [2.05, 4.69) is 0 Å². The number of ether oxygens (including phenoxy) is 6. The molecule has 3 aliphatic heterocycles. The van der Waals surface area contributed by atoms with Crippen molar-refractivity contribution in [1.82, 2.24) is 4.90 Å². The van der Waals surface area contributed by atoms with Gasteiger partial charge in [-0.05, 0) is 107 Å². The smallest absolute Gasteiger partial charge is 0.329 e. The highest BCUT2D eigenvalue weighted by Gasteiger charge is 2.53. The summed E-state index contributed by atoms with van der Waals surface area (Å²) in [5.41, 5.74) is 1.24. The fraction of sp³-hybridized carbons (Fsp3) is 0.736. The van der Waals surface area contributed by atoms with Crippen LogP contribution < -0.4 is 0 Å². The molecule has 2 saturated heterocycles. The first-order chi connectivity index (χ1) is 32.7. The Labute approximate surface area is 414 Å². The van der Waals surface area contributed by atoms with E-state index in [1.807, 2.05) is 51.2 Å². The first kappa shape index (κ1) is 58.0. The van der Waals surface area contributed by atoms with Crippen LogP contribution in [-0.2, 0) is 57.2 Å². The average Bonchev–Trinajstić information content (AvgIpc) is 3.33. The minimum atomic E-state index is -2.45. The lowest BCUT2D eigenvalue weighted by Crippen LogP contribution is -2.61. The molecule has 0 radical (unpaired) electrons. The summed E-state index contributed by atoms with van der Waals surface area (Å²) < 4.78 is 35.1. The summed E-state index contributed by atoms with van der Waals surface area (Å²) in [6.07, 6.45) is 10.7. The van der Waals surface area contributed by atoms with E-state index in [9.17, 15) is 39.0 Å². The Morgan fingerprint density at radius 3 is 2.28 bits per heavy atom. The van der Waals surface area contributed by atoms with Gasteiger partial charge in [0.1, 0.15) is 42.1 Å². The van der Waals surface area contributed by atoms with Crippen LogP contribution in [0.15, 0.2) is 47.6 Å². The Balaban J connectivity index is 1.70. The third-order valence-corrected chi connectivity index (χ3v) is 15.1. The van der Waals surface area contributed by atoms with E-state index in [4.69, 9.17) is 40.0 Å². The first-order valence-corrected chi connectivity index (χ1v) is 25.5. The number of alkyl halides is 1. The lowest BCUT2D eigenvalue weighted by molar-refractivity contribution is -0.265. The van der Waals surface area contributed by atoms with Crippen LogP contribution in [0.5, 0.6) is 0 Å². The van der Waals surface area contributed by atoms with Crippen LogP contribution in [0.4, 0.5) is 0 Å². The van der Waals surface area contributed by atoms with E-state index in [1.54, 1.807) is 48.0 Å². The minimum Gasteiger partial charge on any atom is -0.460 e. The maximum Gasteiger partial charge on any atom is 0.329 e. The van der Waals surface area contributed by atoms with Crippen molar-refractivity contribution in [2.45, 2.75) is 180 Å². The zero-order chi connectivity index (χ0) is 51.2. The molecule has 1 aliphatic carbocycles. The molecule has 2 bridgehead atoms. The Bertz CT molecular complexity index is 1900. The molecule has 0 aromatic carbocycles. The molecule has 4 rings (SSSR count). The molecular formula is C53H80ClNO14. The van der Waals surface area contributed by atoms with Gasteiger partial charge in [0, 0.05) is 58.5 Å². The third kappa shape index (κ3) is 15.7. The van der Waals surface area contributed by atoms with Crippen LogP contribution in [-0.4, -0.2) is 139 Å². The molecule has 4 aliphatic rings. The molecule has 15 atom stereocenters. The van der Waals surface area contributed by atoms with Gasteiger partial charge in [0.2, 0.25) is 5.79 Å². The monoisotopic (exact) mass is 990 g/mol. The van der Waals surface area contributed by atoms with Crippen LogP contribution in [0.1, 0.15) is 126 Å². The standard InChI is InChI=1S/C53H80ClNO14/c1-31-16-12-11-13-17-32(2)43(64-8)28-39-21-19-37(7)53(63,69-39)50(60)51(61)55-23-15-14-18-40(55)52(62)68-44(34(4)26-38-20-22-42(45(27-38)65-9)67-46(57)30-54)29-41(56)33(3)25-36(6)48(59)49(66-10)47(58)35(5)24-31/h11-13,16-17,25,31,33-35,37-40,42-45,48-49,59,63H,14-15,18-24,26-30H2,1-10H3/b13-11+,16-12+,32-17+,36-25+/t31-,33-,34-,35-,37-,38+,39+,40+,42-,43+,44+,45-,48-,49+,53-/m1/s1. The average molecular weight is 991 g/mol. The van der Waals surface area contributed by atoms with Gasteiger partial charge in [-0.15, -0.1) is 11.6 Å². The quantitative estimate of drug-likeness (QED) is 0.109. The molecule has 3 fully saturated rings. The van der Waals surface area contributed by atoms with Gasteiger partial charge in [0.25, 0.3) is 11.7 Å².